The summed E-state index contributed by atoms with van der Waals surface area (Å²) in [5.74, 6) is -0.355. The monoisotopic (exact) mass is 339 g/mol. The van der Waals surface area contributed by atoms with Crippen molar-refractivity contribution in [1.82, 2.24) is 15.2 Å². The number of amides is 1. The summed E-state index contributed by atoms with van der Waals surface area (Å²) in [6, 6.07) is 8.13. The maximum absolute atomic E-state index is 13.1. The van der Waals surface area contributed by atoms with Gasteiger partial charge in [0, 0.05) is 30.2 Å². The minimum Gasteiger partial charge on any atom is -0.351 e. The fourth-order valence-corrected chi connectivity index (χ4v) is 2.52. The zero-order chi connectivity index (χ0) is 16.1. The van der Waals surface area contributed by atoms with Gasteiger partial charge in [-0.2, -0.15) is 0 Å². The molecule has 0 fully saturated rings. The average molecular weight is 340 g/mol. The molecule has 1 aromatic carbocycles. The Morgan fingerprint density at radius 3 is 2.43 bits per heavy atom. The summed E-state index contributed by atoms with van der Waals surface area (Å²) in [6.07, 6.45) is 0. The Kier molecular flexibility index (Phi) is 7.26. The summed E-state index contributed by atoms with van der Waals surface area (Å²) in [6.45, 7) is 8.08. The number of benzene rings is 1. The number of carbonyl (C=O) groups is 1. The topological polar surface area (TPSA) is 46.1 Å². The number of hydrogen-bond donors (Lipinski definition) is 2. The van der Waals surface area contributed by atoms with Gasteiger partial charge < -0.3 is 15.2 Å². The number of halogens is 2. The van der Waals surface area contributed by atoms with Crippen LogP contribution in [0.2, 0.25) is 0 Å². The van der Waals surface area contributed by atoms with E-state index < -0.39 is 0 Å². The lowest BCUT2D eigenvalue weighted by atomic mass is 10.2. The van der Waals surface area contributed by atoms with E-state index in [0.717, 1.165) is 30.2 Å². The molecule has 0 aliphatic carbocycles. The zero-order valence-electron chi connectivity index (χ0n) is 13.6. The Hall–Kier alpha value is -1.85. The van der Waals surface area contributed by atoms with E-state index in [1.165, 1.54) is 12.1 Å². The molecule has 0 radical (unpaired) electrons. The van der Waals surface area contributed by atoms with Crippen LogP contribution in [0.1, 0.15) is 28.7 Å². The molecule has 4 nitrogen and oxygen atoms in total. The molecule has 0 spiro atoms. The van der Waals surface area contributed by atoms with Crippen LogP contribution >= 0.6 is 12.4 Å². The van der Waals surface area contributed by atoms with Gasteiger partial charge in [0.2, 0.25) is 0 Å². The van der Waals surface area contributed by atoms with Crippen LogP contribution in [0.25, 0.3) is 5.69 Å². The van der Waals surface area contributed by atoms with E-state index in [1.54, 1.807) is 12.1 Å². The van der Waals surface area contributed by atoms with Gasteiger partial charge >= 0.3 is 0 Å². The van der Waals surface area contributed by atoms with Crippen LogP contribution in [0.5, 0.6) is 0 Å². The lowest BCUT2D eigenvalue weighted by Gasteiger charge is -2.10. The second-order valence-corrected chi connectivity index (χ2v) is 5.21. The highest BCUT2D eigenvalue weighted by atomic mass is 35.5. The van der Waals surface area contributed by atoms with Gasteiger partial charge in [-0.25, -0.2) is 4.39 Å². The van der Waals surface area contributed by atoms with Crippen molar-refractivity contribution in [2.45, 2.75) is 20.8 Å². The molecule has 2 aromatic rings. The SMILES string of the molecule is CCNCCNC(=O)c1cc(C)n(-c2ccc(F)cc2)c1C.Cl. The summed E-state index contributed by atoms with van der Waals surface area (Å²) in [4.78, 5) is 12.3. The van der Waals surface area contributed by atoms with Gasteiger partial charge in [0.15, 0.2) is 0 Å². The van der Waals surface area contributed by atoms with Crippen molar-refractivity contribution in [3.63, 3.8) is 0 Å². The zero-order valence-corrected chi connectivity index (χ0v) is 14.5. The molecule has 0 unspecified atom stereocenters. The molecule has 0 bridgehead atoms. The van der Waals surface area contributed by atoms with Gasteiger partial charge in [-0.05, 0) is 50.7 Å². The standard InChI is InChI=1S/C17H22FN3O.ClH/c1-4-19-9-10-20-17(22)16-11-12(2)21(13(16)3)15-7-5-14(18)6-8-15;/h5-8,11,19H,4,9-10H2,1-3H3,(H,20,22);1H. The summed E-state index contributed by atoms with van der Waals surface area (Å²) >= 11 is 0. The van der Waals surface area contributed by atoms with E-state index in [2.05, 4.69) is 10.6 Å². The molecule has 0 atom stereocenters. The minimum absolute atomic E-state index is 0. The van der Waals surface area contributed by atoms with E-state index in [1.807, 2.05) is 31.4 Å². The van der Waals surface area contributed by atoms with Gasteiger partial charge in [-0.1, -0.05) is 6.92 Å². The van der Waals surface area contributed by atoms with Gasteiger partial charge in [0.05, 0.1) is 5.56 Å². The van der Waals surface area contributed by atoms with E-state index in [0.29, 0.717) is 12.1 Å². The third-order valence-electron chi connectivity index (χ3n) is 3.60. The highest BCUT2D eigenvalue weighted by Gasteiger charge is 2.16. The summed E-state index contributed by atoms with van der Waals surface area (Å²) in [5.41, 5.74) is 3.30. The number of carbonyl (C=O) groups excluding carboxylic acids is 1. The number of nitrogens with one attached hydrogen (secondary N) is 2. The number of likely N-dealkylation sites (N-methyl/N-ethyl adjacent to an activating group) is 1. The molecular formula is C17H23ClFN3O. The van der Waals surface area contributed by atoms with Crippen molar-refractivity contribution >= 4 is 18.3 Å². The van der Waals surface area contributed by atoms with E-state index in [-0.39, 0.29) is 24.1 Å². The molecule has 0 aliphatic rings. The van der Waals surface area contributed by atoms with Crippen molar-refractivity contribution in [1.29, 1.82) is 0 Å². The molecule has 1 heterocycles. The predicted molar refractivity (Wildman–Crippen MR) is 93.3 cm³/mol. The van der Waals surface area contributed by atoms with Crippen LogP contribution in [-0.4, -0.2) is 30.1 Å². The number of aromatic nitrogens is 1. The average Bonchev–Trinajstić information content (AvgIpc) is 2.80. The summed E-state index contributed by atoms with van der Waals surface area (Å²) in [7, 11) is 0. The smallest absolute Gasteiger partial charge is 0.253 e. The molecule has 1 aromatic heterocycles. The normalized spacial score (nSPS) is 10.3. The molecule has 0 saturated carbocycles. The first-order valence-corrected chi connectivity index (χ1v) is 7.48. The predicted octanol–water partition coefficient (Wildman–Crippen LogP) is 2.99. The van der Waals surface area contributed by atoms with Crippen molar-refractivity contribution in [2.24, 2.45) is 0 Å². The first kappa shape index (κ1) is 19.2. The third-order valence-corrected chi connectivity index (χ3v) is 3.60. The Balaban J connectivity index is 0.00000264. The number of nitrogens with zero attached hydrogens (tertiary/aromatic N) is 1. The lowest BCUT2D eigenvalue weighted by molar-refractivity contribution is 0.0953. The first-order valence-electron chi connectivity index (χ1n) is 7.48. The number of aryl methyl sites for hydroxylation is 1. The van der Waals surface area contributed by atoms with Crippen molar-refractivity contribution in [3.05, 3.63) is 53.1 Å². The Morgan fingerprint density at radius 2 is 1.83 bits per heavy atom. The number of hydrogen-bond acceptors (Lipinski definition) is 2. The molecule has 0 saturated heterocycles. The second kappa shape index (κ2) is 8.70. The van der Waals surface area contributed by atoms with Crippen molar-refractivity contribution in [2.75, 3.05) is 19.6 Å². The molecule has 0 aliphatic heterocycles. The molecular weight excluding hydrogens is 317 g/mol. The maximum atomic E-state index is 13.1. The van der Waals surface area contributed by atoms with Crippen LogP contribution in [0, 0.1) is 19.7 Å². The van der Waals surface area contributed by atoms with Crippen LogP contribution < -0.4 is 10.6 Å². The molecule has 2 N–H and O–H groups in total. The van der Waals surface area contributed by atoms with E-state index in [9.17, 15) is 9.18 Å². The van der Waals surface area contributed by atoms with Crippen molar-refractivity contribution in [3.8, 4) is 5.69 Å². The lowest BCUT2D eigenvalue weighted by Crippen LogP contribution is -2.31. The minimum atomic E-state index is -0.271. The Morgan fingerprint density at radius 1 is 1.17 bits per heavy atom. The third kappa shape index (κ3) is 4.56. The molecule has 23 heavy (non-hydrogen) atoms. The molecule has 126 valence electrons. The molecule has 6 heteroatoms. The Bertz CT molecular complexity index is 653. The van der Waals surface area contributed by atoms with Crippen LogP contribution in [0.15, 0.2) is 30.3 Å². The van der Waals surface area contributed by atoms with Gasteiger partial charge in [0.1, 0.15) is 5.82 Å². The maximum Gasteiger partial charge on any atom is 0.253 e. The van der Waals surface area contributed by atoms with E-state index >= 15 is 0 Å². The molecule has 1 amide bonds. The highest BCUT2D eigenvalue weighted by Crippen LogP contribution is 2.21. The highest BCUT2D eigenvalue weighted by molar-refractivity contribution is 5.95. The van der Waals surface area contributed by atoms with Crippen molar-refractivity contribution < 1.29 is 9.18 Å². The van der Waals surface area contributed by atoms with Gasteiger partial charge in [0.25, 0.3) is 5.91 Å². The van der Waals surface area contributed by atoms with Gasteiger partial charge in [-0.3, -0.25) is 4.79 Å². The van der Waals surface area contributed by atoms with E-state index in [4.69, 9.17) is 0 Å². The fraction of sp³-hybridized carbons (Fsp3) is 0.353. The quantitative estimate of drug-likeness (QED) is 0.795. The van der Waals surface area contributed by atoms with Crippen LogP contribution in [0.3, 0.4) is 0 Å². The first-order chi connectivity index (χ1) is 10.5. The van der Waals surface area contributed by atoms with Crippen LogP contribution in [0.4, 0.5) is 4.39 Å². The molecule has 2 rings (SSSR count). The van der Waals surface area contributed by atoms with Crippen LogP contribution in [-0.2, 0) is 0 Å². The second-order valence-electron chi connectivity index (χ2n) is 5.21. The summed E-state index contributed by atoms with van der Waals surface area (Å²) in [5, 5.41) is 6.06. The Labute approximate surface area is 142 Å². The fourth-order valence-electron chi connectivity index (χ4n) is 2.52. The van der Waals surface area contributed by atoms with Gasteiger partial charge in [-0.15, -0.1) is 12.4 Å². The summed E-state index contributed by atoms with van der Waals surface area (Å²) < 4.78 is 15.0. The largest absolute Gasteiger partial charge is 0.351 e. The number of rotatable bonds is 6.